The molecule has 0 aliphatic carbocycles. The van der Waals surface area contributed by atoms with Gasteiger partial charge in [0, 0.05) is 11.8 Å². The van der Waals surface area contributed by atoms with Crippen molar-refractivity contribution in [3.63, 3.8) is 0 Å². The molecule has 2 aromatic rings. The van der Waals surface area contributed by atoms with E-state index in [0.717, 1.165) is 6.92 Å². The van der Waals surface area contributed by atoms with Gasteiger partial charge in [-0.2, -0.15) is 18.4 Å². The van der Waals surface area contributed by atoms with Crippen molar-refractivity contribution in [3.8, 4) is 11.9 Å². The predicted molar refractivity (Wildman–Crippen MR) is 107 cm³/mol. The second-order valence-electron chi connectivity index (χ2n) is 7.47. The van der Waals surface area contributed by atoms with E-state index in [-0.39, 0.29) is 17.4 Å². The summed E-state index contributed by atoms with van der Waals surface area (Å²) in [5.41, 5.74) is 2.63. The van der Waals surface area contributed by atoms with Gasteiger partial charge in [-0.3, -0.25) is 10.3 Å². The quantitative estimate of drug-likeness (QED) is 0.736. The maximum atomic E-state index is 13.3. The van der Waals surface area contributed by atoms with E-state index in [0.29, 0.717) is 11.1 Å². The highest BCUT2D eigenvalue weighted by Crippen LogP contribution is 2.40. The molecule has 9 nitrogen and oxygen atoms in total. The fourth-order valence-electron chi connectivity index (χ4n) is 2.87. The zero-order chi connectivity index (χ0) is 23.7. The summed E-state index contributed by atoms with van der Waals surface area (Å²) in [6, 6.07) is 7.96. The van der Waals surface area contributed by atoms with E-state index >= 15 is 0 Å². The van der Waals surface area contributed by atoms with E-state index in [1.165, 1.54) is 37.4 Å². The van der Waals surface area contributed by atoms with Crippen molar-refractivity contribution in [3.05, 3.63) is 47.3 Å². The Morgan fingerprint density at radius 2 is 2.09 bits per heavy atom. The lowest BCUT2D eigenvalue weighted by Crippen LogP contribution is -2.60. The van der Waals surface area contributed by atoms with Crippen LogP contribution in [0.3, 0.4) is 0 Å². The molecule has 32 heavy (non-hydrogen) atoms. The zero-order valence-corrected chi connectivity index (χ0v) is 17.3. The number of halogens is 3. The summed E-state index contributed by atoms with van der Waals surface area (Å²) in [4.78, 5) is 24.4. The van der Waals surface area contributed by atoms with Crippen molar-refractivity contribution in [2.45, 2.75) is 38.1 Å². The lowest BCUT2D eigenvalue weighted by molar-refractivity contribution is -0.249. The Bertz CT molecular complexity index is 1130. The molecule has 12 heteroatoms. The Kier molecular flexibility index (Phi) is 5.80. The highest BCUT2D eigenvalue weighted by atomic mass is 19.4. The molecule has 0 aromatic carbocycles. The van der Waals surface area contributed by atoms with Crippen LogP contribution in [0.5, 0.6) is 5.88 Å². The summed E-state index contributed by atoms with van der Waals surface area (Å²) in [6.07, 6.45) is -4.37. The summed E-state index contributed by atoms with van der Waals surface area (Å²) >= 11 is 0. The van der Waals surface area contributed by atoms with Crippen molar-refractivity contribution in [1.82, 2.24) is 9.97 Å². The fourth-order valence-corrected chi connectivity index (χ4v) is 2.87. The first-order valence-electron chi connectivity index (χ1n) is 9.27. The lowest BCUT2D eigenvalue weighted by Gasteiger charge is -2.40. The van der Waals surface area contributed by atoms with Gasteiger partial charge in [-0.1, -0.05) is 6.07 Å². The number of amides is 1. The number of carbonyl (C=O) groups is 1. The maximum absolute atomic E-state index is 13.3. The van der Waals surface area contributed by atoms with E-state index in [9.17, 15) is 18.0 Å². The number of nitrogens with two attached hydrogens (primary N) is 1. The fraction of sp³-hybridized carbons (Fsp3) is 0.350. The van der Waals surface area contributed by atoms with Crippen LogP contribution in [-0.4, -0.2) is 40.3 Å². The number of nitriles is 1. The van der Waals surface area contributed by atoms with Gasteiger partial charge in [-0.05, 0) is 39.0 Å². The Morgan fingerprint density at radius 3 is 2.69 bits per heavy atom. The SMILES string of the molecule is Cc1cc(C#N)cnc1OC(=O)Nc1cccc([C@]2(C)CO[C@@](C)(C(F)(F)F)C(N)=N2)n1. The van der Waals surface area contributed by atoms with E-state index in [2.05, 4.69) is 20.3 Å². The minimum absolute atomic E-state index is 0.00843. The van der Waals surface area contributed by atoms with Crippen LogP contribution < -0.4 is 15.8 Å². The van der Waals surface area contributed by atoms with Crippen LogP contribution in [-0.2, 0) is 10.3 Å². The van der Waals surface area contributed by atoms with Gasteiger partial charge >= 0.3 is 12.3 Å². The number of anilines is 1. The molecule has 3 heterocycles. The molecule has 2 atom stereocenters. The van der Waals surface area contributed by atoms with Crippen molar-refractivity contribution >= 4 is 17.7 Å². The average Bonchev–Trinajstić information content (AvgIpc) is 2.72. The second kappa shape index (κ2) is 8.08. The minimum atomic E-state index is -4.74. The Morgan fingerprint density at radius 1 is 1.38 bits per heavy atom. The van der Waals surface area contributed by atoms with Gasteiger partial charge in [0.25, 0.3) is 0 Å². The number of hydrogen-bond donors (Lipinski definition) is 2. The van der Waals surface area contributed by atoms with Crippen LogP contribution in [0.4, 0.5) is 23.8 Å². The second-order valence-corrected chi connectivity index (χ2v) is 7.47. The molecule has 1 amide bonds. The lowest BCUT2D eigenvalue weighted by atomic mass is 9.93. The summed E-state index contributed by atoms with van der Waals surface area (Å²) in [7, 11) is 0. The molecule has 0 saturated heterocycles. The maximum Gasteiger partial charge on any atom is 0.424 e. The number of hydrogen-bond acceptors (Lipinski definition) is 8. The number of aromatic nitrogens is 2. The Balaban J connectivity index is 1.79. The summed E-state index contributed by atoms with van der Waals surface area (Å²) in [6.45, 7) is 3.52. The van der Waals surface area contributed by atoms with Crippen LogP contribution in [0, 0.1) is 18.3 Å². The number of ether oxygens (including phenoxy) is 2. The van der Waals surface area contributed by atoms with E-state index in [4.69, 9.17) is 20.5 Å². The van der Waals surface area contributed by atoms with Crippen molar-refractivity contribution in [2.24, 2.45) is 10.7 Å². The van der Waals surface area contributed by atoms with Crippen LogP contribution >= 0.6 is 0 Å². The van der Waals surface area contributed by atoms with Crippen LogP contribution in [0.25, 0.3) is 0 Å². The highest BCUT2D eigenvalue weighted by molar-refractivity contribution is 5.90. The molecular formula is C20H19F3N6O3. The molecule has 0 fully saturated rings. The molecule has 3 rings (SSSR count). The van der Waals surface area contributed by atoms with Crippen LogP contribution in [0.15, 0.2) is 35.5 Å². The zero-order valence-electron chi connectivity index (χ0n) is 17.3. The Hall–Kier alpha value is -3.72. The first kappa shape index (κ1) is 23.0. The molecule has 168 valence electrons. The van der Waals surface area contributed by atoms with E-state index < -0.39 is 35.9 Å². The Labute approximate surface area is 181 Å². The van der Waals surface area contributed by atoms with Crippen molar-refractivity contribution in [2.75, 3.05) is 11.9 Å². The predicted octanol–water partition coefficient (Wildman–Crippen LogP) is 3.19. The van der Waals surface area contributed by atoms with E-state index in [1.54, 1.807) is 6.92 Å². The first-order chi connectivity index (χ1) is 14.9. The number of carbonyl (C=O) groups excluding carboxylic acids is 1. The molecule has 0 spiro atoms. The third-order valence-electron chi connectivity index (χ3n) is 4.92. The van der Waals surface area contributed by atoms with Gasteiger partial charge in [0.15, 0.2) is 0 Å². The van der Waals surface area contributed by atoms with Crippen LogP contribution in [0.2, 0.25) is 0 Å². The molecular weight excluding hydrogens is 429 g/mol. The number of alkyl halides is 3. The summed E-state index contributed by atoms with van der Waals surface area (Å²) < 4.78 is 50.1. The molecule has 1 aliphatic heterocycles. The van der Waals surface area contributed by atoms with Gasteiger partial charge < -0.3 is 15.2 Å². The molecule has 0 radical (unpaired) electrons. The van der Waals surface area contributed by atoms with Crippen molar-refractivity contribution in [1.29, 1.82) is 5.26 Å². The smallest absolute Gasteiger partial charge is 0.391 e. The number of nitrogens with one attached hydrogen (secondary N) is 1. The third kappa shape index (κ3) is 4.33. The molecule has 0 bridgehead atoms. The number of amidine groups is 1. The molecule has 2 aromatic heterocycles. The largest absolute Gasteiger partial charge is 0.424 e. The normalized spacial score (nSPS) is 23.1. The van der Waals surface area contributed by atoms with Gasteiger partial charge in [0.2, 0.25) is 11.5 Å². The summed E-state index contributed by atoms with van der Waals surface area (Å²) in [5.74, 6) is -0.646. The van der Waals surface area contributed by atoms with Gasteiger partial charge in [-0.15, -0.1) is 0 Å². The standard InChI is InChI=1S/C20H19F3N6O3/c1-11-7-12(8-24)9-26-15(11)32-17(30)28-14-6-4-5-13(27-14)18(2)10-31-19(3,16(25)29-18)20(21,22)23/h4-7,9H,10H2,1-3H3,(H2,25,29)(H,27,28,30)/t18-,19+/m0/s1. The van der Waals surface area contributed by atoms with Crippen LogP contribution in [0.1, 0.15) is 30.7 Å². The van der Waals surface area contributed by atoms with Crippen molar-refractivity contribution < 1.29 is 27.4 Å². The monoisotopic (exact) mass is 448 g/mol. The summed E-state index contributed by atoms with van der Waals surface area (Å²) in [5, 5.41) is 11.3. The number of pyridine rings is 2. The number of aliphatic imine (C=N–C) groups is 1. The molecule has 3 N–H and O–H groups in total. The van der Waals surface area contributed by atoms with E-state index in [1.807, 2.05) is 6.07 Å². The topological polar surface area (TPSA) is 136 Å². The van der Waals surface area contributed by atoms with Gasteiger partial charge in [0.05, 0.1) is 17.9 Å². The average molecular weight is 448 g/mol. The van der Waals surface area contributed by atoms with Gasteiger partial charge in [-0.25, -0.2) is 14.8 Å². The molecule has 0 saturated carbocycles. The number of nitrogens with zero attached hydrogens (tertiary/aromatic N) is 4. The third-order valence-corrected chi connectivity index (χ3v) is 4.92. The highest BCUT2D eigenvalue weighted by Gasteiger charge is 2.59. The number of rotatable bonds is 3. The molecule has 1 aliphatic rings. The molecule has 0 unspecified atom stereocenters. The first-order valence-corrected chi connectivity index (χ1v) is 9.27. The number of aryl methyl sites for hydroxylation is 1. The van der Waals surface area contributed by atoms with Gasteiger partial charge in [0.1, 0.15) is 23.3 Å². The minimum Gasteiger partial charge on any atom is -0.391 e.